The maximum Gasteiger partial charge on any atom is 0.338 e. The molecule has 1 fully saturated rings. The van der Waals surface area contributed by atoms with E-state index in [1.807, 2.05) is 6.92 Å². The van der Waals surface area contributed by atoms with Crippen molar-refractivity contribution in [2.24, 2.45) is 5.92 Å². The molecule has 2 amide bonds. The van der Waals surface area contributed by atoms with E-state index >= 15 is 0 Å². The van der Waals surface area contributed by atoms with Gasteiger partial charge in [0.2, 0.25) is 5.91 Å². The van der Waals surface area contributed by atoms with E-state index in [1.165, 1.54) is 4.90 Å². The SMILES string of the molecule is CCCCOC(=O)c1ccc(N2C[C@@H](C(=O)OCC(=O)Nc3ccc(Cl)cc3)CC2=O)cc1. The van der Waals surface area contributed by atoms with Gasteiger partial charge in [0, 0.05) is 29.4 Å². The minimum absolute atomic E-state index is 0.0154. The Kier molecular flexibility index (Phi) is 8.43. The minimum atomic E-state index is -0.681. The summed E-state index contributed by atoms with van der Waals surface area (Å²) < 4.78 is 10.3. The zero-order valence-corrected chi connectivity index (χ0v) is 19.0. The normalized spacial score (nSPS) is 15.3. The molecular formula is C24H25ClN2O6. The van der Waals surface area contributed by atoms with Crippen molar-refractivity contribution in [3.8, 4) is 0 Å². The molecule has 3 rings (SSSR count). The predicted molar refractivity (Wildman–Crippen MR) is 123 cm³/mol. The Bertz CT molecular complexity index is 1010. The highest BCUT2D eigenvalue weighted by Gasteiger charge is 2.36. The van der Waals surface area contributed by atoms with Crippen LogP contribution in [0.4, 0.5) is 11.4 Å². The second kappa shape index (κ2) is 11.5. The molecule has 33 heavy (non-hydrogen) atoms. The summed E-state index contributed by atoms with van der Waals surface area (Å²) >= 11 is 5.80. The van der Waals surface area contributed by atoms with E-state index in [0.717, 1.165) is 12.8 Å². The lowest BCUT2D eigenvalue weighted by molar-refractivity contribution is -0.151. The third-order valence-corrected chi connectivity index (χ3v) is 5.33. The fraction of sp³-hybridized carbons (Fsp3) is 0.333. The highest BCUT2D eigenvalue weighted by Crippen LogP contribution is 2.26. The van der Waals surface area contributed by atoms with Gasteiger partial charge >= 0.3 is 11.9 Å². The zero-order chi connectivity index (χ0) is 23.8. The van der Waals surface area contributed by atoms with E-state index in [9.17, 15) is 19.2 Å². The van der Waals surface area contributed by atoms with Crippen LogP contribution in [0, 0.1) is 5.92 Å². The van der Waals surface area contributed by atoms with E-state index in [1.54, 1.807) is 48.5 Å². The fourth-order valence-corrected chi connectivity index (χ4v) is 3.40. The Morgan fingerprint density at radius 3 is 2.42 bits per heavy atom. The molecule has 1 N–H and O–H groups in total. The number of benzene rings is 2. The Balaban J connectivity index is 1.49. The molecular weight excluding hydrogens is 448 g/mol. The van der Waals surface area contributed by atoms with Crippen LogP contribution in [0.1, 0.15) is 36.5 Å². The van der Waals surface area contributed by atoms with Crippen molar-refractivity contribution in [2.45, 2.75) is 26.2 Å². The number of hydrogen-bond acceptors (Lipinski definition) is 6. The summed E-state index contributed by atoms with van der Waals surface area (Å²) in [5.74, 6) is -2.44. The summed E-state index contributed by atoms with van der Waals surface area (Å²) in [6.45, 7) is 2.05. The third kappa shape index (κ3) is 6.79. The minimum Gasteiger partial charge on any atom is -0.462 e. The number of rotatable bonds is 9. The summed E-state index contributed by atoms with van der Waals surface area (Å²) in [7, 11) is 0. The average Bonchev–Trinajstić information content (AvgIpc) is 3.21. The lowest BCUT2D eigenvalue weighted by Crippen LogP contribution is -2.28. The van der Waals surface area contributed by atoms with Gasteiger partial charge in [-0.15, -0.1) is 0 Å². The summed E-state index contributed by atoms with van der Waals surface area (Å²) in [5.41, 5.74) is 1.49. The summed E-state index contributed by atoms with van der Waals surface area (Å²) in [6.07, 6.45) is 1.71. The molecule has 2 aromatic carbocycles. The first-order valence-corrected chi connectivity index (χ1v) is 11.0. The number of nitrogens with one attached hydrogen (secondary N) is 1. The summed E-state index contributed by atoms with van der Waals surface area (Å²) in [5, 5.41) is 3.14. The number of amides is 2. The number of carbonyl (C=O) groups is 4. The van der Waals surface area contributed by atoms with Gasteiger partial charge in [-0.25, -0.2) is 4.79 Å². The number of hydrogen-bond donors (Lipinski definition) is 1. The van der Waals surface area contributed by atoms with Crippen molar-refractivity contribution in [3.05, 3.63) is 59.1 Å². The molecule has 1 saturated heterocycles. The van der Waals surface area contributed by atoms with Gasteiger partial charge in [-0.3, -0.25) is 14.4 Å². The molecule has 1 aliphatic rings. The first-order valence-electron chi connectivity index (χ1n) is 10.7. The van der Waals surface area contributed by atoms with Crippen molar-refractivity contribution in [1.82, 2.24) is 0 Å². The quantitative estimate of drug-likeness (QED) is 0.439. The van der Waals surface area contributed by atoms with Crippen LogP contribution in [0.2, 0.25) is 5.02 Å². The molecule has 2 aromatic rings. The van der Waals surface area contributed by atoms with Crippen LogP contribution in [0.15, 0.2) is 48.5 Å². The van der Waals surface area contributed by atoms with Crippen molar-refractivity contribution in [1.29, 1.82) is 0 Å². The molecule has 0 spiro atoms. The number of ether oxygens (including phenoxy) is 2. The zero-order valence-electron chi connectivity index (χ0n) is 18.2. The van der Waals surface area contributed by atoms with Gasteiger partial charge in [-0.2, -0.15) is 0 Å². The topological polar surface area (TPSA) is 102 Å². The summed E-state index contributed by atoms with van der Waals surface area (Å²) in [4.78, 5) is 50.3. The van der Waals surface area contributed by atoms with Gasteiger partial charge in [0.05, 0.1) is 18.1 Å². The molecule has 1 heterocycles. The summed E-state index contributed by atoms with van der Waals surface area (Å²) in [6, 6.07) is 13.0. The van der Waals surface area contributed by atoms with E-state index in [0.29, 0.717) is 28.6 Å². The van der Waals surface area contributed by atoms with E-state index in [2.05, 4.69) is 5.32 Å². The van der Waals surface area contributed by atoms with E-state index in [4.69, 9.17) is 21.1 Å². The number of carbonyl (C=O) groups excluding carboxylic acids is 4. The number of halogens is 1. The van der Waals surface area contributed by atoms with Crippen LogP contribution in [0.25, 0.3) is 0 Å². The highest BCUT2D eigenvalue weighted by atomic mass is 35.5. The fourth-order valence-electron chi connectivity index (χ4n) is 3.27. The molecule has 0 unspecified atom stereocenters. The predicted octanol–water partition coefficient (Wildman–Crippen LogP) is 3.83. The van der Waals surface area contributed by atoms with Crippen LogP contribution in [0.3, 0.4) is 0 Å². The molecule has 0 saturated carbocycles. The van der Waals surface area contributed by atoms with Crippen molar-refractivity contribution < 1.29 is 28.7 Å². The Morgan fingerprint density at radius 2 is 1.76 bits per heavy atom. The van der Waals surface area contributed by atoms with E-state index in [-0.39, 0.29) is 18.9 Å². The largest absolute Gasteiger partial charge is 0.462 e. The van der Waals surface area contributed by atoms with Crippen molar-refractivity contribution >= 4 is 46.7 Å². The van der Waals surface area contributed by atoms with Crippen LogP contribution in [0.5, 0.6) is 0 Å². The average molecular weight is 473 g/mol. The highest BCUT2D eigenvalue weighted by molar-refractivity contribution is 6.30. The lowest BCUT2D eigenvalue weighted by atomic mass is 10.1. The second-order valence-corrected chi connectivity index (χ2v) is 8.04. The lowest BCUT2D eigenvalue weighted by Gasteiger charge is -2.17. The molecule has 0 radical (unpaired) electrons. The molecule has 1 atom stereocenters. The first-order chi connectivity index (χ1) is 15.9. The standard InChI is InChI=1S/C24H25ClN2O6/c1-2-3-12-32-23(30)16-4-10-20(11-5-16)27-14-17(13-22(27)29)24(31)33-15-21(28)26-19-8-6-18(25)7-9-19/h4-11,17H,2-3,12-15H2,1H3,(H,26,28)/t17-/m0/s1. The Morgan fingerprint density at radius 1 is 1.06 bits per heavy atom. The third-order valence-electron chi connectivity index (χ3n) is 5.08. The number of unbranched alkanes of at least 4 members (excludes halogenated alkanes) is 1. The number of anilines is 2. The molecule has 8 nitrogen and oxygen atoms in total. The molecule has 1 aliphatic heterocycles. The van der Waals surface area contributed by atoms with Crippen LogP contribution < -0.4 is 10.2 Å². The van der Waals surface area contributed by atoms with E-state index < -0.39 is 30.4 Å². The molecule has 0 bridgehead atoms. The van der Waals surface area contributed by atoms with Gasteiger partial charge in [0.15, 0.2) is 6.61 Å². The maximum atomic E-state index is 12.4. The van der Waals surface area contributed by atoms with Crippen LogP contribution >= 0.6 is 11.6 Å². The van der Waals surface area contributed by atoms with Gasteiger partial charge in [-0.1, -0.05) is 24.9 Å². The number of nitrogens with zero attached hydrogens (tertiary/aromatic N) is 1. The van der Waals surface area contributed by atoms with Crippen molar-refractivity contribution in [3.63, 3.8) is 0 Å². The Labute approximate surface area is 196 Å². The van der Waals surface area contributed by atoms with Crippen molar-refractivity contribution in [2.75, 3.05) is 30.0 Å². The van der Waals surface area contributed by atoms with Gasteiger partial charge in [-0.05, 0) is 55.0 Å². The number of esters is 2. The molecule has 9 heteroatoms. The maximum absolute atomic E-state index is 12.4. The van der Waals surface area contributed by atoms with Gasteiger partial charge < -0.3 is 19.7 Å². The van der Waals surface area contributed by atoms with Crippen LogP contribution in [-0.4, -0.2) is 43.5 Å². The smallest absolute Gasteiger partial charge is 0.338 e. The molecule has 0 aliphatic carbocycles. The van der Waals surface area contributed by atoms with Gasteiger partial charge in [0.1, 0.15) is 0 Å². The second-order valence-electron chi connectivity index (χ2n) is 7.60. The first kappa shape index (κ1) is 24.3. The monoisotopic (exact) mass is 472 g/mol. The molecule has 174 valence electrons. The van der Waals surface area contributed by atoms with Gasteiger partial charge in [0.25, 0.3) is 5.91 Å². The Hall–Kier alpha value is -3.39. The molecule has 0 aromatic heterocycles. The van der Waals surface area contributed by atoms with Crippen LogP contribution in [-0.2, 0) is 23.9 Å².